The van der Waals surface area contributed by atoms with Crippen LogP contribution in [0.5, 0.6) is 0 Å². The fraction of sp³-hybridized carbons (Fsp3) is 0.524. The molecule has 5 nitrogen and oxygen atoms in total. The molecule has 2 rings (SSSR count). The van der Waals surface area contributed by atoms with Gasteiger partial charge in [-0.2, -0.15) is 0 Å². The summed E-state index contributed by atoms with van der Waals surface area (Å²) in [5, 5.41) is 0. The van der Waals surface area contributed by atoms with Crippen molar-refractivity contribution in [2.75, 3.05) is 6.61 Å². The van der Waals surface area contributed by atoms with Gasteiger partial charge in [0.15, 0.2) is 0 Å². The molecule has 0 bridgehead atoms. The van der Waals surface area contributed by atoms with Crippen molar-refractivity contribution in [3.8, 4) is 0 Å². The first-order valence-electron chi connectivity index (χ1n) is 9.09. The van der Waals surface area contributed by atoms with Crippen LogP contribution in [0.2, 0.25) is 0 Å². The average Bonchev–Trinajstić information content (AvgIpc) is 2.94. The second kappa shape index (κ2) is 8.99. The molecule has 0 aromatic heterocycles. The molecule has 0 radical (unpaired) electrons. The monoisotopic (exact) mass is 359 g/mol. The van der Waals surface area contributed by atoms with Crippen LogP contribution in [-0.4, -0.2) is 41.1 Å². The number of hydrogen-bond acceptors (Lipinski definition) is 5. The topological polar surface area (TPSA) is 55.8 Å². The van der Waals surface area contributed by atoms with Gasteiger partial charge >= 0.3 is 11.9 Å². The maximum absolute atomic E-state index is 12.4. The number of hydrogen-bond donors (Lipinski definition) is 0. The summed E-state index contributed by atoms with van der Waals surface area (Å²) >= 11 is 0. The fourth-order valence-electron chi connectivity index (χ4n) is 3.26. The van der Waals surface area contributed by atoms with E-state index in [0.717, 1.165) is 12.0 Å². The number of likely N-dealkylation sites (tertiary alicyclic amines) is 1. The quantitative estimate of drug-likeness (QED) is 0.551. The Balaban J connectivity index is 2.11. The molecule has 0 spiro atoms. The second-order valence-electron chi connectivity index (χ2n) is 7.61. The summed E-state index contributed by atoms with van der Waals surface area (Å²) in [6.07, 6.45) is 3.28. The van der Waals surface area contributed by atoms with Crippen molar-refractivity contribution in [1.29, 1.82) is 0 Å². The Kier molecular flexibility index (Phi) is 6.98. The summed E-state index contributed by atoms with van der Waals surface area (Å²) in [5.74, 6) is -0.492. The summed E-state index contributed by atoms with van der Waals surface area (Å²) in [4.78, 5) is 26.8. The van der Waals surface area contributed by atoms with Crippen LogP contribution in [0.25, 0.3) is 0 Å². The van der Waals surface area contributed by atoms with Gasteiger partial charge in [-0.15, -0.1) is 0 Å². The van der Waals surface area contributed by atoms with Crippen molar-refractivity contribution in [3.63, 3.8) is 0 Å². The molecule has 0 unspecified atom stereocenters. The minimum atomic E-state index is -0.512. The molecule has 5 heteroatoms. The van der Waals surface area contributed by atoms with E-state index < -0.39 is 5.60 Å². The van der Waals surface area contributed by atoms with Gasteiger partial charge in [0.25, 0.3) is 0 Å². The molecule has 0 N–H and O–H groups in total. The molecule has 142 valence electrons. The average molecular weight is 359 g/mol. The van der Waals surface area contributed by atoms with Gasteiger partial charge in [-0.1, -0.05) is 43.0 Å². The number of carbonyl (C=O) groups excluding carboxylic acids is 2. The predicted molar refractivity (Wildman–Crippen MR) is 100 cm³/mol. The molecular weight excluding hydrogens is 330 g/mol. The lowest BCUT2D eigenvalue weighted by atomic mass is 10.1. The van der Waals surface area contributed by atoms with Gasteiger partial charge in [0.05, 0.1) is 6.42 Å². The Labute approximate surface area is 156 Å². The van der Waals surface area contributed by atoms with Gasteiger partial charge in [-0.3, -0.25) is 14.5 Å². The van der Waals surface area contributed by atoms with Crippen LogP contribution in [0, 0.1) is 0 Å². The maximum Gasteiger partial charge on any atom is 0.323 e. The molecule has 1 saturated heterocycles. The first kappa shape index (κ1) is 20.2. The maximum atomic E-state index is 12.4. The molecule has 0 saturated carbocycles. The normalized spacial score (nSPS) is 20.6. The van der Waals surface area contributed by atoms with Crippen molar-refractivity contribution in [1.82, 2.24) is 4.90 Å². The largest absolute Gasteiger partial charge is 0.460 e. The standard InChI is InChI=1S/C21H29NO4/c1-5-13-25-20(24)18-12-11-17(14-19(23)26-21(2,3)4)22(18)15-16-9-7-6-8-10-16/h5-10,17-18H,1,11-15H2,2-4H3/t17-,18+/m1/s1. The number of esters is 2. The SMILES string of the molecule is C=CCOC(=O)[C@@H]1CC[C@H](CC(=O)OC(C)(C)C)N1Cc1ccccc1. The molecule has 0 aliphatic carbocycles. The van der Waals surface area contributed by atoms with E-state index in [4.69, 9.17) is 9.47 Å². The number of ether oxygens (including phenoxy) is 2. The van der Waals surface area contributed by atoms with Gasteiger partial charge < -0.3 is 9.47 Å². The third-order valence-electron chi connectivity index (χ3n) is 4.29. The Morgan fingerprint density at radius 2 is 1.92 bits per heavy atom. The van der Waals surface area contributed by atoms with Crippen molar-refractivity contribution >= 4 is 11.9 Å². The van der Waals surface area contributed by atoms with Crippen LogP contribution in [0.1, 0.15) is 45.6 Å². The Bertz CT molecular complexity index is 621. The van der Waals surface area contributed by atoms with Gasteiger partial charge in [0, 0.05) is 12.6 Å². The highest BCUT2D eigenvalue weighted by Crippen LogP contribution is 2.30. The molecule has 0 amide bonds. The molecular formula is C21H29NO4. The van der Waals surface area contributed by atoms with Crippen LogP contribution in [0.3, 0.4) is 0 Å². The zero-order valence-corrected chi connectivity index (χ0v) is 15.9. The van der Waals surface area contributed by atoms with Gasteiger partial charge in [0.1, 0.15) is 18.2 Å². The van der Waals surface area contributed by atoms with E-state index in [2.05, 4.69) is 11.5 Å². The van der Waals surface area contributed by atoms with Crippen LogP contribution in [0.4, 0.5) is 0 Å². The fourth-order valence-corrected chi connectivity index (χ4v) is 3.26. The Hall–Kier alpha value is -2.14. The van der Waals surface area contributed by atoms with Crippen LogP contribution in [0.15, 0.2) is 43.0 Å². The lowest BCUT2D eigenvalue weighted by molar-refractivity contribution is -0.157. The van der Waals surface area contributed by atoms with Crippen molar-refractivity contribution in [2.45, 2.75) is 64.3 Å². The first-order valence-corrected chi connectivity index (χ1v) is 9.09. The number of nitrogens with zero attached hydrogens (tertiary/aromatic N) is 1. The van der Waals surface area contributed by atoms with E-state index in [0.29, 0.717) is 13.0 Å². The zero-order valence-electron chi connectivity index (χ0n) is 15.9. The molecule has 1 aliphatic rings. The highest BCUT2D eigenvalue weighted by atomic mass is 16.6. The minimum absolute atomic E-state index is 0.0358. The number of benzene rings is 1. The molecule has 1 heterocycles. The minimum Gasteiger partial charge on any atom is -0.460 e. The van der Waals surface area contributed by atoms with Crippen LogP contribution in [-0.2, 0) is 25.6 Å². The molecule has 1 aromatic carbocycles. The summed E-state index contributed by atoms with van der Waals surface area (Å²) in [5.41, 5.74) is 0.590. The van der Waals surface area contributed by atoms with Gasteiger partial charge in [-0.05, 0) is 39.2 Å². The van der Waals surface area contributed by atoms with E-state index >= 15 is 0 Å². The molecule has 26 heavy (non-hydrogen) atoms. The van der Waals surface area contributed by atoms with E-state index in [1.165, 1.54) is 0 Å². The van der Waals surface area contributed by atoms with E-state index in [-0.39, 0.29) is 37.0 Å². The van der Waals surface area contributed by atoms with Crippen LogP contribution < -0.4 is 0 Å². The second-order valence-corrected chi connectivity index (χ2v) is 7.61. The third-order valence-corrected chi connectivity index (χ3v) is 4.29. The lowest BCUT2D eigenvalue weighted by Crippen LogP contribution is -2.42. The van der Waals surface area contributed by atoms with E-state index in [9.17, 15) is 9.59 Å². The Morgan fingerprint density at radius 3 is 2.54 bits per heavy atom. The van der Waals surface area contributed by atoms with Crippen molar-refractivity contribution in [3.05, 3.63) is 48.6 Å². The third kappa shape index (κ3) is 5.99. The Morgan fingerprint density at radius 1 is 1.23 bits per heavy atom. The predicted octanol–water partition coefficient (Wildman–Crippen LogP) is 3.48. The zero-order chi connectivity index (χ0) is 19.2. The van der Waals surface area contributed by atoms with Gasteiger partial charge in [-0.25, -0.2) is 0 Å². The van der Waals surface area contributed by atoms with E-state index in [1.807, 2.05) is 51.1 Å². The summed E-state index contributed by atoms with van der Waals surface area (Å²) in [7, 11) is 0. The lowest BCUT2D eigenvalue weighted by Gasteiger charge is -2.29. The smallest absolute Gasteiger partial charge is 0.323 e. The molecule has 2 atom stereocenters. The summed E-state index contributed by atoms with van der Waals surface area (Å²) in [6, 6.07) is 9.57. The molecule has 1 aliphatic heterocycles. The number of rotatable bonds is 7. The first-order chi connectivity index (χ1) is 12.3. The van der Waals surface area contributed by atoms with Crippen molar-refractivity contribution in [2.24, 2.45) is 0 Å². The van der Waals surface area contributed by atoms with E-state index in [1.54, 1.807) is 6.08 Å². The summed E-state index contributed by atoms with van der Waals surface area (Å²) in [6.45, 7) is 9.96. The van der Waals surface area contributed by atoms with Crippen LogP contribution >= 0.6 is 0 Å². The molecule has 1 fully saturated rings. The summed E-state index contributed by atoms with van der Waals surface area (Å²) < 4.78 is 10.7. The van der Waals surface area contributed by atoms with Gasteiger partial charge in [0.2, 0.25) is 0 Å². The van der Waals surface area contributed by atoms with Crippen molar-refractivity contribution < 1.29 is 19.1 Å². The highest BCUT2D eigenvalue weighted by Gasteiger charge is 2.40. The number of carbonyl (C=O) groups is 2. The molecule has 1 aromatic rings. The highest BCUT2D eigenvalue weighted by molar-refractivity contribution is 5.77.